The zero-order chi connectivity index (χ0) is 14.5. The van der Waals surface area contributed by atoms with Gasteiger partial charge in [-0.2, -0.15) is 0 Å². The third-order valence-corrected chi connectivity index (χ3v) is 3.13. The van der Waals surface area contributed by atoms with Crippen LogP contribution >= 0.6 is 0 Å². The molecule has 0 amide bonds. The summed E-state index contributed by atoms with van der Waals surface area (Å²) in [6.07, 6.45) is 0.510. The Morgan fingerprint density at radius 3 is 2.42 bits per heavy atom. The van der Waals surface area contributed by atoms with Crippen LogP contribution in [-0.4, -0.2) is 41.2 Å². The minimum Gasteiger partial charge on any atom is -0.507 e. The van der Waals surface area contributed by atoms with Crippen LogP contribution in [0.1, 0.15) is 31.9 Å². The van der Waals surface area contributed by atoms with Crippen LogP contribution in [0.4, 0.5) is 0 Å². The molecule has 0 heterocycles. The van der Waals surface area contributed by atoms with Crippen LogP contribution in [0.3, 0.4) is 0 Å². The van der Waals surface area contributed by atoms with E-state index in [1.165, 1.54) is 12.1 Å². The van der Waals surface area contributed by atoms with Gasteiger partial charge < -0.3 is 25.4 Å². The third-order valence-electron chi connectivity index (χ3n) is 3.13. The Morgan fingerprint density at radius 2 is 1.89 bits per heavy atom. The maximum Gasteiger partial charge on any atom is 0.124 e. The summed E-state index contributed by atoms with van der Waals surface area (Å²) in [5, 5.41) is 32.7. The van der Waals surface area contributed by atoms with Crippen molar-refractivity contribution in [3.8, 4) is 11.5 Å². The molecule has 0 saturated heterocycles. The monoisotopic (exact) mass is 269 g/mol. The largest absolute Gasteiger partial charge is 0.507 e. The van der Waals surface area contributed by atoms with Crippen molar-refractivity contribution in [2.45, 2.75) is 31.9 Å². The van der Waals surface area contributed by atoms with Gasteiger partial charge in [0.25, 0.3) is 0 Å². The molecule has 2 unspecified atom stereocenters. The highest BCUT2D eigenvalue weighted by atomic mass is 16.5. The van der Waals surface area contributed by atoms with Gasteiger partial charge in [-0.15, -0.1) is 0 Å². The van der Waals surface area contributed by atoms with Crippen molar-refractivity contribution in [3.05, 3.63) is 23.8 Å². The smallest absolute Gasteiger partial charge is 0.124 e. The van der Waals surface area contributed by atoms with Crippen LogP contribution in [0.2, 0.25) is 0 Å². The van der Waals surface area contributed by atoms with E-state index in [0.29, 0.717) is 25.1 Å². The lowest BCUT2D eigenvalue weighted by Gasteiger charge is -2.26. The SMILES string of the molecule is COCCC(C)(O)CNC(C)c1c(O)cccc1O. The number of methoxy groups -OCH3 is 1. The van der Waals surface area contributed by atoms with Gasteiger partial charge in [-0.05, 0) is 26.0 Å². The predicted octanol–water partition coefficient (Wildman–Crippen LogP) is 1.54. The van der Waals surface area contributed by atoms with Crippen molar-refractivity contribution < 1.29 is 20.1 Å². The molecule has 1 aromatic carbocycles. The first-order chi connectivity index (χ1) is 8.87. The van der Waals surface area contributed by atoms with Crippen molar-refractivity contribution in [2.75, 3.05) is 20.3 Å². The Balaban J connectivity index is 2.63. The summed E-state index contributed by atoms with van der Waals surface area (Å²) in [6, 6.07) is 4.36. The third kappa shape index (κ3) is 4.70. The first-order valence-corrected chi connectivity index (χ1v) is 6.33. The molecule has 108 valence electrons. The first-order valence-electron chi connectivity index (χ1n) is 6.33. The molecular weight excluding hydrogens is 246 g/mol. The normalized spacial score (nSPS) is 16.0. The highest BCUT2D eigenvalue weighted by Gasteiger charge is 2.22. The van der Waals surface area contributed by atoms with Crippen LogP contribution < -0.4 is 5.32 Å². The summed E-state index contributed by atoms with van der Waals surface area (Å²) in [5.74, 6) is 0.0769. The van der Waals surface area contributed by atoms with Crippen molar-refractivity contribution in [1.29, 1.82) is 0 Å². The topological polar surface area (TPSA) is 82.0 Å². The Bertz CT molecular complexity index is 386. The van der Waals surface area contributed by atoms with E-state index >= 15 is 0 Å². The number of hydrogen-bond acceptors (Lipinski definition) is 5. The van der Waals surface area contributed by atoms with Gasteiger partial charge in [-0.3, -0.25) is 0 Å². The lowest BCUT2D eigenvalue weighted by molar-refractivity contribution is 0.0230. The average Bonchev–Trinajstić information content (AvgIpc) is 2.34. The molecular formula is C14H23NO4. The average molecular weight is 269 g/mol. The number of aromatic hydroxyl groups is 2. The number of rotatable bonds is 7. The van der Waals surface area contributed by atoms with Gasteiger partial charge in [0, 0.05) is 32.7 Å². The maximum atomic E-state index is 10.1. The number of aliphatic hydroxyl groups is 1. The zero-order valence-corrected chi connectivity index (χ0v) is 11.7. The minimum atomic E-state index is -0.899. The molecule has 0 fully saturated rings. The van der Waals surface area contributed by atoms with Gasteiger partial charge in [0.05, 0.1) is 11.2 Å². The molecule has 0 aliphatic heterocycles. The van der Waals surface area contributed by atoms with Crippen molar-refractivity contribution >= 4 is 0 Å². The lowest BCUT2D eigenvalue weighted by atomic mass is 10.0. The molecule has 0 spiro atoms. The van der Waals surface area contributed by atoms with Gasteiger partial charge in [0.1, 0.15) is 11.5 Å². The van der Waals surface area contributed by atoms with Crippen LogP contribution in [-0.2, 0) is 4.74 Å². The summed E-state index contributed by atoms with van der Waals surface area (Å²) in [7, 11) is 1.59. The molecule has 1 aromatic rings. The molecule has 0 aromatic heterocycles. The Morgan fingerprint density at radius 1 is 1.32 bits per heavy atom. The van der Waals surface area contributed by atoms with Crippen molar-refractivity contribution in [1.82, 2.24) is 5.32 Å². The van der Waals surface area contributed by atoms with Crippen LogP contribution in [0.5, 0.6) is 11.5 Å². The van der Waals surface area contributed by atoms with Crippen LogP contribution in [0.25, 0.3) is 0 Å². The van der Waals surface area contributed by atoms with E-state index in [1.807, 2.05) is 6.92 Å². The Hall–Kier alpha value is -1.30. The van der Waals surface area contributed by atoms with E-state index in [9.17, 15) is 15.3 Å². The standard InChI is InChI=1S/C14H23NO4/c1-10(13-11(16)5-4-6-12(13)17)15-9-14(2,18)7-8-19-3/h4-6,10,15-18H,7-9H2,1-3H3. The number of nitrogens with one attached hydrogen (secondary N) is 1. The fourth-order valence-corrected chi connectivity index (χ4v) is 1.87. The number of hydrogen-bond donors (Lipinski definition) is 4. The highest BCUT2D eigenvalue weighted by Crippen LogP contribution is 2.32. The highest BCUT2D eigenvalue weighted by molar-refractivity contribution is 5.44. The molecule has 5 nitrogen and oxygen atoms in total. The molecule has 2 atom stereocenters. The van der Waals surface area contributed by atoms with Gasteiger partial charge in [0.2, 0.25) is 0 Å². The number of phenolic OH excluding ortho intramolecular Hbond substituents is 2. The first kappa shape index (κ1) is 15.8. The second-order valence-electron chi connectivity index (χ2n) is 5.05. The number of ether oxygens (including phenoxy) is 1. The van der Waals surface area contributed by atoms with E-state index in [1.54, 1.807) is 20.1 Å². The fourth-order valence-electron chi connectivity index (χ4n) is 1.87. The fraction of sp³-hybridized carbons (Fsp3) is 0.571. The molecule has 1 rings (SSSR count). The van der Waals surface area contributed by atoms with E-state index in [0.717, 1.165) is 0 Å². The zero-order valence-electron chi connectivity index (χ0n) is 11.7. The van der Waals surface area contributed by atoms with Crippen LogP contribution in [0.15, 0.2) is 18.2 Å². The number of phenols is 2. The summed E-state index contributed by atoms with van der Waals surface area (Å²) in [5.41, 5.74) is -0.463. The maximum absolute atomic E-state index is 10.1. The van der Waals surface area contributed by atoms with Crippen LogP contribution in [0, 0.1) is 0 Å². The molecule has 0 radical (unpaired) electrons. The van der Waals surface area contributed by atoms with E-state index in [-0.39, 0.29) is 17.5 Å². The van der Waals surface area contributed by atoms with Gasteiger partial charge in [-0.1, -0.05) is 6.07 Å². The molecule has 4 N–H and O–H groups in total. The van der Waals surface area contributed by atoms with E-state index in [4.69, 9.17) is 4.74 Å². The number of benzene rings is 1. The van der Waals surface area contributed by atoms with E-state index in [2.05, 4.69) is 5.32 Å². The van der Waals surface area contributed by atoms with E-state index < -0.39 is 5.60 Å². The molecule has 0 bridgehead atoms. The second-order valence-corrected chi connectivity index (χ2v) is 5.05. The molecule has 19 heavy (non-hydrogen) atoms. The van der Waals surface area contributed by atoms with Crippen molar-refractivity contribution in [3.63, 3.8) is 0 Å². The molecule has 5 heteroatoms. The Kier molecular flexibility index (Phi) is 5.60. The van der Waals surface area contributed by atoms with Gasteiger partial charge >= 0.3 is 0 Å². The van der Waals surface area contributed by atoms with Crippen molar-refractivity contribution in [2.24, 2.45) is 0 Å². The summed E-state index contributed by atoms with van der Waals surface area (Å²) >= 11 is 0. The second kappa shape index (κ2) is 6.75. The minimum absolute atomic E-state index is 0.0385. The lowest BCUT2D eigenvalue weighted by Crippen LogP contribution is -2.39. The summed E-state index contributed by atoms with van der Waals surface area (Å²) in [4.78, 5) is 0. The molecule has 0 saturated carbocycles. The Labute approximate surface area is 113 Å². The predicted molar refractivity (Wildman–Crippen MR) is 73.3 cm³/mol. The summed E-state index contributed by atoms with van der Waals surface area (Å²) < 4.78 is 4.94. The summed E-state index contributed by atoms with van der Waals surface area (Å²) in [6.45, 7) is 4.35. The molecule has 0 aliphatic rings. The molecule has 0 aliphatic carbocycles. The van der Waals surface area contributed by atoms with Gasteiger partial charge in [-0.25, -0.2) is 0 Å². The van der Waals surface area contributed by atoms with Gasteiger partial charge in [0.15, 0.2) is 0 Å². The quantitative estimate of drug-likeness (QED) is 0.603.